The van der Waals surface area contributed by atoms with E-state index in [9.17, 15) is 4.39 Å². The first-order valence-electron chi connectivity index (χ1n) is 6.31. The van der Waals surface area contributed by atoms with E-state index in [1.807, 2.05) is 38.1 Å². The van der Waals surface area contributed by atoms with Crippen LogP contribution in [0.1, 0.15) is 19.4 Å². The van der Waals surface area contributed by atoms with Crippen molar-refractivity contribution in [3.63, 3.8) is 0 Å². The number of halogens is 3. The van der Waals surface area contributed by atoms with Gasteiger partial charge in [-0.2, -0.15) is 0 Å². The van der Waals surface area contributed by atoms with Crippen molar-refractivity contribution in [2.45, 2.75) is 13.8 Å². The minimum atomic E-state index is -0.581. The standard InChI is InChI=1S/C17H16Cl2F/c1-16(2)14(12-6-4-7-13(20)10-12)8-5-9-17(16,3)11-15(18)19/h4-11H,3H2,1-2H3. The van der Waals surface area contributed by atoms with Crippen molar-refractivity contribution in [1.29, 1.82) is 0 Å². The molecule has 0 heterocycles. The van der Waals surface area contributed by atoms with Gasteiger partial charge in [0.2, 0.25) is 0 Å². The predicted molar refractivity (Wildman–Crippen MR) is 84.9 cm³/mol. The molecule has 0 fully saturated rings. The average Bonchev–Trinajstić information content (AvgIpc) is 2.32. The Labute approximate surface area is 129 Å². The summed E-state index contributed by atoms with van der Waals surface area (Å²) in [6, 6.07) is 6.55. The highest BCUT2D eigenvalue weighted by atomic mass is 35.5. The molecule has 1 aromatic carbocycles. The van der Waals surface area contributed by atoms with Crippen molar-refractivity contribution < 1.29 is 4.39 Å². The van der Waals surface area contributed by atoms with Crippen LogP contribution in [0.2, 0.25) is 0 Å². The summed E-state index contributed by atoms with van der Waals surface area (Å²) >= 11 is 11.6. The molecule has 0 bridgehead atoms. The maximum Gasteiger partial charge on any atom is 0.123 e. The average molecular weight is 310 g/mol. The maximum absolute atomic E-state index is 13.5. The van der Waals surface area contributed by atoms with Crippen LogP contribution in [0.15, 0.2) is 53.1 Å². The molecule has 1 radical (unpaired) electrons. The number of hydrogen-bond acceptors (Lipinski definition) is 0. The highest BCUT2D eigenvalue weighted by Gasteiger charge is 2.42. The van der Waals surface area contributed by atoms with Gasteiger partial charge < -0.3 is 0 Å². The third-order valence-corrected chi connectivity index (χ3v) is 4.21. The van der Waals surface area contributed by atoms with E-state index in [1.54, 1.807) is 12.1 Å². The predicted octanol–water partition coefficient (Wildman–Crippen LogP) is 5.94. The molecule has 0 saturated carbocycles. The lowest BCUT2D eigenvalue weighted by atomic mass is 9.59. The third-order valence-electron chi connectivity index (χ3n) is 4.00. The molecular weight excluding hydrogens is 294 g/mol. The van der Waals surface area contributed by atoms with Crippen molar-refractivity contribution in [3.8, 4) is 0 Å². The zero-order valence-electron chi connectivity index (χ0n) is 11.5. The van der Waals surface area contributed by atoms with Gasteiger partial charge in [-0.1, -0.05) is 67.4 Å². The Balaban J connectivity index is 2.54. The van der Waals surface area contributed by atoms with Crippen LogP contribution in [0.5, 0.6) is 0 Å². The Morgan fingerprint density at radius 1 is 1.30 bits per heavy atom. The summed E-state index contributed by atoms with van der Waals surface area (Å²) in [6.07, 6.45) is 7.57. The minimum absolute atomic E-state index is 0.179. The highest BCUT2D eigenvalue weighted by molar-refractivity contribution is 6.55. The molecule has 0 nitrogen and oxygen atoms in total. The quantitative estimate of drug-likeness (QED) is 0.633. The molecule has 20 heavy (non-hydrogen) atoms. The molecule has 2 rings (SSSR count). The molecule has 0 aliphatic heterocycles. The highest BCUT2D eigenvalue weighted by Crippen LogP contribution is 2.53. The number of rotatable bonds is 2. The largest absolute Gasteiger partial charge is 0.207 e. The van der Waals surface area contributed by atoms with Gasteiger partial charge in [0.15, 0.2) is 0 Å². The summed E-state index contributed by atoms with van der Waals surface area (Å²) in [5, 5.41) is 0. The molecule has 0 spiro atoms. The Bertz CT molecular complexity index is 607. The van der Waals surface area contributed by atoms with Crippen molar-refractivity contribution in [2.24, 2.45) is 10.8 Å². The van der Waals surface area contributed by atoms with Crippen LogP contribution < -0.4 is 0 Å². The summed E-state index contributed by atoms with van der Waals surface area (Å²) in [5.74, 6) is -0.255. The zero-order chi connectivity index (χ0) is 15.0. The molecule has 0 aromatic heterocycles. The van der Waals surface area contributed by atoms with Crippen molar-refractivity contribution in [3.05, 3.63) is 71.4 Å². The van der Waals surface area contributed by atoms with E-state index in [4.69, 9.17) is 23.2 Å². The number of hydrogen-bond donors (Lipinski definition) is 0. The van der Waals surface area contributed by atoms with Crippen molar-refractivity contribution in [1.82, 2.24) is 0 Å². The topological polar surface area (TPSA) is 0 Å². The molecule has 1 aliphatic carbocycles. The number of allylic oxidation sites excluding steroid dienone is 5. The first-order valence-corrected chi connectivity index (χ1v) is 7.07. The van der Waals surface area contributed by atoms with Crippen LogP contribution in [0, 0.1) is 23.6 Å². The van der Waals surface area contributed by atoms with Gasteiger partial charge in [-0.15, -0.1) is 0 Å². The summed E-state index contributed by atoms with van der Waals surface area (Å²) in [4.78, 5) is 0. The first-order chi connectivity index (χ1) is 9.26. The second kappa shape index (κ2) is 5.38. The van der Waals surface area contributed by atoms with Crippen molar-refractivity contribution in [2.75, 3.05) is 0 Å². The lowest BCUT2D eigenvalue weighted by Gasteiger charge is -2.44. The fraction of sp³-hybridized carbons (Fsp3) is 0.235. The van der Waals surface area contributed by atoms with Gasteiger partial charge in [0.1, 0.15) is 10.3 Å². The van der Waals surface area contributed by atoms with Crippen LogP contribution in [-0.4, -0.2) is 0 Å². The van der Waals surface area contributed by atoms with Gasteiger partial charge in [-0.25, -0.2) is 4.39 Å². The Morgan fingerprint density at radius 3 is 2.60 bits per heavy atom. The van der Waals surface area contributed by atoms with E-state index < -0.39 is 5.41 Å². The van der Waals surface area contributed by atoms with Gasteiger partial charge in [-0.05, 0) is 36.3 Å². The molecule has 1 aromatic rings. The molecule has 105 valence electrons. The lowest BCUT2D eigenvalue weighted by molar-refractivity contribution is 0.319. The SMILES string of the molecule is [CH2]C1(C=C(Cl)Cl)C=CC=C(c2cccc(F)c2)C1(C)C. The molecule has 0 N–H and O–H groups in total. The molecule has 0 saturated heterocycles. The van der Waals surface area contributed by atoms with E-state index in [2.05, 4.69) is 6.92 Å². The zero-order valence-corrected chi connectivity index (χ0v) is 13.0. The lowest BCUT2D eigenvalue weighted by Crippen LogP contribution is -2.35. The van der Waals surface area contributed by atoms with E-state index in [0.29, 0.717) is 0 Å². The van der Waals surface area contributed by atoms with Gasteiger partial charge >= 0.3 is 0 Å². The molecule has 1 unspecified atom stereocenters. The first kappa shape index (κ1) is 15.3. The Kier molecular flexibility index (Phi) is 4.13. The van der Waals surface area contributed by atoms with Crippen LogP contribution >= 0.6 is 23.2 Å². The van der Waals surface area contributed by atoms with E-state index in [1.165, 1.54) is 12.1 Å². The van der Waals surface area contributed by atoms with Crippen molar-refractivity contribution >= 4 is 28.8 Å². The molecule has 1 atom stereocenters. The van der Waals surface area contributed by atoms with E-state index in [-0.39, 0.29) is 15.7 Å². The van der Waals surface area contributed by atoms with Crippen LogP contribution in [-0.2, 0) is 0 Å². The van der Waals surface area contributed by atoms with Gasteiger partial charge in [-0.3, -0.25) is 0 Å². The Morgan fingerprint density at radius 2 is 2.00 bits per heavy atom. The van der Waals surface area contributed by atoms with E-state index in [0.717, 1.165) is 11.1 Å². The van der Waals surface area contributed by atoms with Gasteiger partial charge in [0.25, 0.3) is 0 Å². The van der Waals surface area contributed by atoms with E-state index >= 15 is 0 Å². The van der Waals surface area contributed by atoms with Gasteiger partial charge in [0, 0.05) is 10.8 Å². The fourth-order valence-electron chi connectivity index (χ4n) is 2.52. The summed E-state index contributed by atoms with van der Waals surface area (Å²) in [6.45, 7) is 8.35. The van der Waals surface area contributed by atoms with Crippen LogP contribution in [0.3, 0.4) is 0 Å². The summed E-state index contributed by atoms with van der Waals surface area (Å²) in [5.41, 5.74) is 0.888. The number of benzene rings is 1. The summed E-state index contributed by atoms with van der Waals surface area (Å²) < 4.78 is 13.6. The maximum atomic E-state index is 13.5. The van der Waals surface area contributed by atoms with Gasteiger partial charge in [0.05, 0.1) is 0 Å². The van der Waals surface area contributed by atoms with Crippen LogP contribution in [0.25, 0.3) is 5.57 Å². The monoisotopic (exact) mass is 309 g/mol. The smallest absolute Gasteiger partial charge is 0.123 e. The molecule has 3 heteroatoms. The Hall–Kier alpha value is -1.05. The second-order valence-corrected chi connectivity index (χ2v) is 6.56. The normalized spacial score (nSPS) is 24.2. The fourth-order valence-corrected chi connectivity index (χ4v) is 2.91. The van der Waals surface area contributed by atoms with Crippen LogP contribution in [0.4, 0.5) is 4.39 Å². The summed E-state index contributed by atoms with van der Waals surface area (Å²) in [7, 11) is 0. The second-order valence-electron chi connectivity index (χ2n) is 5.55. The minimum Gasteiger partial charge on any atom is -0.207 e. The molecule has 1 aliphatic rings. The molecule has 0 amide bonds. The molecular formula is C17H16Cl2F. The third kappa shape index (κ3) is 2.70.